The lowest BCUT2D eigenvalue weighted by Crippen LogP contribution is -1.99. The molecule has 0 aliphatic rings. The van der Waals surface area contributed by atoms with Crippen molar-refractivity contribution in [3.05, 3.63) is 134 Å². The lowest BCUT2D eigenvalue weighted by molar-refractivity contribution is 1.15. The topological polar surface area (TPSA) is 35.6 Å². The molecule has 0 saturated carbocycles. The summed E-state index contributed by atoms with van der Waals surface area (Å²) in [6.07, 6.45) is 5.75. The van der Waals surface area contributed by atoms with E-state index in [4.69, 9.17) is 4.98 Å². The fourth-order valence-electron chi connectivity index (χ4n) is 5.78. The highest BCUT2D eigenvalue weighted by atomic mass is 15.1. The Morgan fingerprint density at radius 3 is 1.87 bits per heavy atom. The van der Waals surface area contributed by atoms with Crippen molar-refractivity contribution in [2.45, 2.75) is 0 Å². The molecule has 0 saturated heterocycles. The molecule has 0 fully saturated rings. The summed E-state index contributed by atoms with van der Waals surface area (Å²) in [5.74, 6) is 0. The van der Waals surface area contributed by atoms with E-state index >= 15 is 0 Å². The van der Waals surface area contributed by atoms with E-state index in [-0.39, 0.29) is 0 Å². The lowest BCUT2D eigenvalue weighted by Gasteiger charge is -2.12. The fourth-order valence-corrected chi connectivity index (χ4v) is 5.78. The molecule has 4 aromatic carbocycles. The Morgan fingerprint density at radius 2 is 1.11 bits per heavy atom. The smallest absolute Gasteiger partial charge is 0.0985 e. The SMILES string of the molecule is c1ccc(-n2c3ccccc3c3cnc4c5ccccc5n(-c5ccc(-c6cccnc6)cc5)c4c32)cc1. The molecule has 0 spiro atoms. The third-order valence-corrected chi connectivity index (χ3v) is 7.44. The Balaban J connectivity index is 1.52. The molecule has 0 atom stereocenters. The van der Waals surface area contributed by atoms with E-state index in [2.05, 4.69) is 123 Å². The number of benzene rings is 4. The Kier molecular flexibility index (Phi) is 4.49. The first-order valence-corrected chi connectivity index (χ1v) is 12.8. The van der Waals surface area contributed by atoms with Crippen LogP contribution in [0.4, 0.5) is 0 Å². The van der Waals surface area contributed by atoms with Gasteiger partial charge < -0.3 is 9.13 Å². The second kappa shape index (κ2) is 8.15. The Bertz CT molecular complexity index is 2100. The van der Waals surface area contributed by atoms with Crippen LogP contribution in [0, 0.1) is 0 Å². The molecule has 0 amide bonds. The van der Waals surface area contributed by atoms with Crippen LogP contribution >= 0.6 is 0 Å². The predicted molar refractivity (Wildman–Crippen MR) is 156 cm³/mol. The summed E-state index contributed by atoms with van der Waals surface area (Å²) in [5.41, 5.74) is 10.1. The van der Waals surface area contributed by atoms with Gasteiger partial charge >= 0.3 is 0 Å². The highest BCUT2D eigenvalue weighted by Gasteiger charge is 2.21. The van der Waals surface area contributed by atoms with Crippen molar-refractivity contribution >= 4 is 43.7 Å². The van der Waals surface area contributed by atoms with Gasteiger partial charge in [-0.2, -0.15) is 0 Å². The highest BCUT2D eigenvalue weighted by molar-refractivity contribution is 6.22. The van der Waals surface area contributed by atoms with E-state index in [0.29, 0.717) is 0 Å². The van der Waals surface area contributed by atoms with Crippen LogP contribution in [0.1, 0.15) is 0 Å². The summed E-state index contributed by atoms with van der Waals surface area (Å²) in [7, 11) is 0. The molecule has 0 unspecified atom stereocenters. The van der Waals surface area contributed by atoms with E-state index in [1.165, 1.54) is 10.9 Å². The molecule has 0 bridgehead atoms. The summed E-state index contributed by atoms with van der Waals surface area (Å²) >= 11 is 0. The van der Waals surface area contributed by atoms with Crippen LogP contribution in [0.3, 0.4) is 0 Å². The van der Waals surface area contributed by atoms with Gasteiger partial charge in [-0.3, -0.25) is 9.97 Å². The Morgan fingerprint density at radius 1 is 0.447 bits per heavy atom. The molecule has 0 N–H and O–H groups in total. The van der Waals surface area contributed by atoms with Gasteiger partial charge in [0.1, 0.15) is 0 Å². The van der Waals surface area contributed by atoms with Crippen molar-refractivity contribution in [3.63, 3.8) is 0 Å². The zero-order valence-corrected chi connectivity index (χ0v) is 20.5. The quantitative estimate of drug-likeness (QED) is 0.252. The molecule has 4 heterocycles. The largest absolute Gasteiger partial charge is 0.307 e. The van der Waals surface area contributed by atoms with Crippen LogP contribution in [0.15, 0.2) is 134 Å². The molecule has 4 nitrogen and oxygen atoms in total. The zero-order chi connectivity index (χ0) is 25.1. The van der Waals surface area contributed by atoms with Gasteiger partial charge in [0, 0.05) is 46.1 Å². The van der Waals surface area contributed by atoms with Crippen LogP contribution in [0.5, 0.6) is 0 Å². The maximum atomic E-state index is 5.06. The highest BCUT2D eigenvalue weighted by Crippen LogP contribution is 2.40. The van der Waals surface area contributed by atoms with Gasteiger partial charge in [-0.25, -0.2) is 0 Å². The number of pyridine rings is 2. The number of hydrogen-bond acceptors (Lipinski definition) is 2. The zero-order valence-electron chi connectivity index (χ0n) is 20.5. The standard InChI is InChI=1S/C34H22N4/c1-2-10-25(11-3-1)37-30-14-6-4-12-27(30)29-22-36-32-28-13-5-7-15-31(28)38(34(32)33(29)37)26-18-16-23(17-19-26)24-9-8-20-35-21-24/h1-22H. The lowest BCUT2D eigenvalue weighted by atomic mass is 10.1. The molecule has 8 aromatic rings. The average molecular weight is 487 g/mol. The van der Waals surface area contributed by atoms with Crippen LogP contribution < -0.4 is 0 Å². The van der Waals surface area contributed by atoms with Crippen molar-refractivity contribution < 1.29 is 0 Å². The van der Waals surface area contributed by atoms with Gasteiger partial charge in [0.25, 0.3) is 0 Å². The molecule has 4 aromatic heterocycles. The van der Waals surface area contributed by atoms with Crippen LogP contribution in [-0.4, -0.2) is 19.1 Å². The first kappa shape index (κ1) is 20.9. The van der Waals surface area contributed by atoms with E-state index in [9.17, 15) is 0 Å². The number of hydrogen-bond donors (Lipinski definition) is 0. The molecular formula is C34H22N4. The van der Waals surface area contributed by atoms with Gasteiger partial charge in [0.2, 0.25) is 0 Å². The summed E-state index contributed by atoms with van der Waals surface area (Å²) < 4.78 is 4.75. The van der Waals surface area contributed by atoms with Gasteiger partial charge in [-0.15, -0.1) is 0 Å². The number of nitrogens with zero attached hydrogens (tertiary/aromatic N) is 4. The molecule has 4 heteroatoms. The van der Waals surface area contributed by atoms with Crippen LogP contribution in [-0.2, 0) is 0 Å². The minimum absolute atomic E-state index is 1.00. The average Bonchev–Trinajstić information content (AvgIpc) is 3.51. The van der Waals surface area contributed by atoms with Gasteiger partial charge in [-0.1, -0.05) is 72.8 Å². The van der Waals surface area contributed by atoms with Crippen molar-refractivity contribution in [3.8, 4) is 22.5 Å². The maximum Gasteiger partial charge on any atom is 0.0985 e. The molecule has 0 aliphatic carbocycles. The van der Waals surface area contributed by atoms with Crippen LogP contribution in [0.2, 0.25) is 0 Å². The third-order valence-electron chi connectivity index (χ3n) is 7.44. The second-order valence-electron chi connectivity index (χ2n) is 9.55. The van der Waals surface area contributed by atoms with Crippen molar-refractivity contribution in [1.29, 1.82) is 0 Å². The first-order valence-electron chi connectivity index (χ1n) is 12.8. The third kappa shape index (κ3) is 2.98. The number of fused-ring (bicyclic) bond motifs is 7. The maximum absolute atomic E-state index is 5.06. The molecule has 0 radical (unpaired) electrons. The normalized spacial score (nSPS) is 11.7. The monoisotopic (exact) mass is 486 g/mol. The van der Waals surface area contributed by atoms with E-state index in [1.54, 1.807) is 6.20 Å². The van der Waals surface area contributed by atoms with Crippen LogP contribution in [0.25, 0.3) is 66.2 Å². The Hall–Kier alpha value is -5.22. The van der Waals surface area contributed by atoms with Crippen molar-refractivity contribution in [2.75, 3.05) is 0 Å². The Labute approximate surface area is 219 Å². The first-order chi connectivity index (χ1) is 18.9. The summed E-state index contributed by atoms with van der Waals surface area (Å²) in [4.78, 5) is 9.36. The number of para-hydroxylation sites is 3. The van der Waals surface area contributed by atoms with E-state index < -0.39 is 0 Å². The molecule has 8 rings (SSSR count). The molecule has 178 valence electrons. The van der Waals surface area contributed by atoms with E-state index in [0.717, 1.165) is 55.3 Å². The molecular weight excluding hydrogens is 464 g/mol. The summed E-state index contributed by atoms with van der Waals surface area (Å²) in [6.45, 7) is 0. The van der Waals surface area contributed by atoms with Crippen molar-refractivity contribution in [2.24, 2.45) is 0 Å². The van der Waals surface area contributed by atoms with Crippen molar-refractivity contribution in [1.82, 2.24) is 19.1 Å². The minimum atomic E-state index is 1.00. The number of rotatable bonds is 3. The minimum Gasteiger partial charge on any atom is -0.307 e. The van der Waals surface area contributed by atoms with Gasteiger partial charge in [0.15, 0.2) is 0 Å². The number of aromatic nitrogens is 4. The summed E-state index contributed by atoms with van der Waals surface area (Å²) in [6, 6.07) is 40.6. The summed E-state index contributed by atoms with van der Waals surface area (Å²) in [5, 5.41) is 3.49. The van der Waals surface area contributed by atoms with E-state index in [1.807, 2.05) is 18.5 Å². The molecule has 38 heavy (non-hydrogen) atoms. The predicted octanol–water partition coefficient (Wildman–Crippen LogP) is 8.34. The van der Waals surface area contributed by atoms with Gasteiger partial charge in [0.05, 0.1) is 27.6 Å². The second-order valence-corrected chi connectivity index (χ2v) is 9.55. The van der Waals surface area contributed by atoms with Gasteiger partial charge in [-0.05, 0) is 53.6 Å². The fraction of sp³-hybridized carbons (Fsp3) is 0. The molecule has 0 aliphatic heterocycles.